The number of likely N-dealkylation sites (N-methyl/N-ethyl adjacent to an activating group) is 1. The molecule has 2 aromatic rings. The van der Waals surface area contributed by atoms with E-state index in [0.717, 1.165) is 16.6 Å². The third kappa shape index (κ3) is 4.36. The standard InChI is InChI=1S/C16H20BrFN2S/c1-11(13-7-6-12(18)9-14(13)17)19-10-15(20(2)3)16-5-4-8-21-16/h4-9,11,15,19H,10H2,1-3H3. The molecule has 0 amide bonds. The van der Waals surface area contributed by atoms with Crippen molar-refractivity contribution in [1.82, 2.24) is 10.2 Å². The van der Waals surface area contributed by atoms with E-state index in [2.05, 4.69) is 64.7 Å². The maximum Gasteiger partial charge on any atom is 0.124 e. The highest BCUT2D eigenvalue weighted by Gasteiger charge is 2.17. The van der Waals surface area contributed by atoms with Crippen molar-refractivity contribution in [3.8, 4) is 0 Å². The fourth-order valence-electron chi connectivity index (χ4n) is 2.27. The quantitative estimate of drug-likeness (QED) is 0.798. The number of thiophene rings is 1. The van der Waals surface area contributed by atoms with Crippen LogP contribution in [0.15, 0.2) is 40.2 Å². The van der Waals surface area contributed by atoms with Crippen LogP contribution >= 0.6 is 27.3 Å². The zero-order valence-corrected chi connectivity index (χ0v) is 14.8. The number of hydrogen-bond donors (Lipinski definition) is 1. The van der Waals surface area contributed by atoms with Crippen LogP contribution in [-0.2, 0) is 0 Å². The van der Waals surface area contributed by atoms with E-state index in [1.165, 1.54) is 17.0 Å². The molecule has 2 nitrogen and oxygen atoms in total. The Kier molecular flexibility index (Phi) is 5.93. The van der Waals surface area contributed by atoms with Gasteiger partial charge >= 0.3 is 0 Å². The molecule has 1 N–H and O–H groups in total. The molecular formula is C16H20BrFN2S. The highest BCUT2D eigenvalue weighted by atomic mass is 79.9. The number of nitrogens with one attached hydrogen (secondary N) is 1. The van der Waals surface area contributed by atoms with Crippen LogP contribution in [0.1, 0.15) is 29.4 Å². The SMILES string of the molecule is CC(NCC(c1cccs1)N(C)C)c1ccc(F)cc1Br. The summed E-state index contributed by atoms with van der Waals surface area (Å²) in [7, 11) is 4.18. The van der Waals surface area contributed by atoms with Crippen molar-refractivity contribution in [2.24, 2.45) is 0 Å². The van der Waals surface area contributed by atoms with Gasteiger partial charge in [-0.3, -0.25) is 0 Å². The lowest BCUT2D eigenvalue weighted by Crippen LogP contribution is -2.32. The van der Waals surface area contributed by atoms with Gasteiger partial charge in [-0.1, -0.05) is 28.1 Å². The Balaban J connectivity index is 2.03. The molecule has 0 saturated heterocycles. The number of halogens is 2. The van der Waals surface area contributed by atoms with Crippen molar-refractivity contribution in [2.45, 2.75) is 19.0 Å². The largest absolute Gasteiger partial charge is 0.308 e. The van der Waals surface area contributed by atoms with Gasteiger partial charge in [0.2, 0.25) is 0 Å². The van der Waals surface area contributed by atoms with Crippen molar-refractivity contribution in [3.63, 3.8) is 0 Å². The molecular weight excluding hydrogens is 351 g/mol. The number of hydrogen-bond acceptors (Lipinski definition) is 3. The second kappa shape index (κ2) is 7.49. The van der Waals surface area contributed by atoms with Gasteiger partial charge in [0.05, 0.1) is 6.04 Å². The van der Waals surface area contributed by atoms with E-state index in [4.69, 9.17) is 0 Å². The second-order valence-corrected chi connectivity index (χ2v) is 7.12. The Morgan fingerprint density at radius 2 is 2.10 bits per heavy atom. The first-order chi connectivity index (χ1) is 9.99. The molecule has 0 spiro atoms. The fourth-order valence-corrected chi connectivity index (χ4v) is 3.89. The molecule has 0 aliphatic heterocycles. The summed E-state index contributed by atoms with van der Waals surface area (Å²) in [6.07, 6.45) is 0. The van der Waals surface area contributed by atoms with E-state index >= 15 is 0 Å². The van der Waals surface area contributed by atoms with Crippen LogP contribution in [0, 0.1) is 5.82 Å². The second-order valence-electron chi connectivity index (χ2n) is 5.29. The van der Waals surface area contributed by atoms with Gasteiger partial charge in [-0.15, -0.1) is 11.3 Å². The lowest BCUT2D eigenvalue weighted by atomic mass is 10.1. The van der Waals surface area contributed by atoms with Crippen LogP contribution in [0.25, 0.3) is 0 Å². The maximum atomic E-state index is 13.2. The van der Waals surface area contributed by atoms with Crippen LogP contribution in [0.5, 0.6) is 0 Å². The Hall–Kier alpha value is -0.750. The summed E-state index contributed by atoms with van der Waals surface area (Å²) in [6, 6.07) is 9.57. The van der Waals surface area contributed by atoms with E-state index < -0.39 is 0 Å². The lowest BCUT2D eigenvalue weighted by Gasteiger charge is -2.26. The first-order valence-corrected chi connectivity index (χ1v) is 8.54. The van der Waals surface area contributed by atoms with Gasteiger partial charge < -0.3 is 10.2 Å². The van der Waals surface area contributed by atoms with Gasteiger partial charge in [-0.2, -0.15) is 0 Å². The van der Waals surface area contributed by atoms with Gasteiger partial charge in [0.1, 0.15) is 5.82 Å². The minimum atomic E-state index is -0.220. The fraction of sp³-hybridized carbons (Fsp3) is 0.375. The van der Waals surface area contributed by atoms with E-state index in [9.17, 15) is 4.39 Å². The predicted octanol–water partition coefficient (Wildman–Crippen LogP) is 4.60. The summed E-state index contributed by atoms with van der Waals surface area (Å²) in [5.41, 5.74) is 1.07. The zero-order valence-electron chi connectivity index (χ0n) is 12.4. The van der Waals surface area contributed by atoms with Crippen LogP contribution in [0.2, 0.25) is 0 Å². The highest BCUT2D eigenvalue weighted by molar-refractivity contribution is 9.10. The average Bonchev–Trinajstić information content (AvgIpc) is 2.92. The molecule has 0 saturated carbocycles. The first kappa shape index (κ1) is 16.6. The van der Waals surface area contributed by atoms with E-state index in [1.807, 2.05) is 6.07 Å². The summed E-state index contributed by atoms with van der Waals surface area (Å²) in [6.45, 7) is 2.94. The topological polar surface area (TPSA) is 15.3 Å². The molecule has 0 fully saturated rings. The average molecular weight is 371 g/mol. The molecule has 0 aliphatic rings. The van der Waals surface area contributed by atoms with E-state index in [0.29, 0.717) is 6.04 Å². The van der Waals surface area contributed by atoms with E-state index in [1.54, 1.807) is 11.3 Å². The summed E-state index contributed by atoms with van der Waals surface area (Å²) in [5.74, 6) is -0.220. The molecule has 2 rings (SSSR count). The van der Waals surface area contributed by atoms with Crippen LogP contribution in [-0.4, -0.2) is 25.5 Å². The van der Waals surface area contributed by atoms with Crippen molar-refractivity contribution >= 4 is 27.3 Å². The smallest absolute Gasteiger partial charge is 0.124 e. The molecule has 0 aliphatic carbocycles. The van der Waals surface area contributed by atoms with Gasteiger partial charge in [0.25, 0.3) is 0 Å². The lowest BCUT2D eigenvalue weighted by molar-refractivity contribution is 0.285. The molecule has 21 heavy (non-hydrogen) atoms. The van der Waals surface area contributed by atoms with Gasteiger partial charge in [-0.25, -0.2) is 4.39 Å². The molecule has 0 bridgehead atoms. The monoisotopic (exact) mass is 370 g/mol. The Morgan fingerprint density at radius 1 is 1.33 bits per heavy atom. The summed E-state index contributed by atoms with van der Waals surface area (Å²) >= 11 is 5.21. The molecule has 5 heteroatoms. The molecule has 1 aromatic carbocycles. The van der Waals surface area contributed by atoms with Crippen LogP contribution in [0.3, 0.4) is 0 Å². The van der Waals surface area contributed by atoms with Gasteiger partial charge in [0.15, 0.2) is 0 Å². The summed E-state index contributed by atoms with van der Waals surface area (Å²) < 4.78 is 14.0. The van der Waals surface area contributed by atoms with Crippen molar-refractivity contribution in [3.05, 3.63) is 56.4 Å². The minimum absolute atomic E-state index is 0.155. The molecule has 2 unspecified atom stereocenters. The minimum Gasteiger partial charge on any atom is -0.308 e. The first-order valence-electron chi connectivity index (χ1n) is 6.87. The van der Waals surface area contributed by atoms with Crippen molar-refractivity contribution < 1.29 is 4.39 Å². The molecule has 0 radical (unpaired) electrons. The van der Waals surface area contributed by atoms with Gasteiger partial charge in [0, 0.05) is 21.9 Å². The number of nitrogens with zero attached hydrogens (tertiary/aromatic N) is 1. The van der Waals surface area contributed by atoms with Crippen LogP contribution < -0.4 is 5.32 Å². The van der Waals surface area contributed by atoms with Crippen molar-refractivity contribution in [1.29, 1.82) is 0 Å². The highest BCUT2D eigenvalue weighted by Crippen LogP contribution is 2.26. The van der Waals surface area contributed by atoms with Crippen LogP contribution in [0.4, 0.5) is 4.39 Å². The summed E-state index contributed by atoms with van der Waals surface area (Å²) in [5, 5.41) is 5.64. The molecule has 1 aromatic heterocycles. The summed E-state index contributed by atoms with van der Waals surface area (Å²) in [4.78, 5) is 3.56. The van der Waals surface area contributed by atoms with Crippen molar-refractivity contribution in [2.75, 3.05) is 20.6 Å². The maximum absolute atomic E-state index is 13.2. The predicted molar refractivity (Wildman–Crippen MR) is 91.3 cm³/mol. The zero-order chi connectivity index (χ0) is 15.4. The Labute approximate surface area is 138 Å². The normalized spacial score (nSPS) is 14.4. The third-order valence-electron chi connectivity index (χ3n) is 3.54. The molecule has 114 valence electrons. The Morgan fingerprint density at radius 3 is 2.67 bits per heavy atom. The third-order valence-corrected chi connectivity index (χ3v) is 5.20. The number of rotatable bonds is 6. The molecule has 2 atom stereocenters. The van der Waals surface area contributed by atoms with Gasteiger partial charge in [-0.05, 0) is 50.2 Å². The van der Waals surface area contributed by atoms with E-state index in [-0.39, 0.29) is 11.9 Å². The molecule has 1 heterocycles. The Bertz CT molecular complexity index is 572. The number of benzene rings is 1.